The van der Waals surface area contributed by atoms with Crippen molar-refractivity contribution in [3.05, 3.63) is 71.9 Å². The topological polar surface area (TPSA) is 114 Å². The Morgan fingerprint density at radius 3 is 2.62 bits per heavy atom. The van der Waals surface area contributed by atoms with Crippen molar-refractivity contribution in [2.75, 3.05) is 0 Å². The predicted molar refractivity (Wildman–Crippen MR) is 130 cm³/mol. The molecule has 0 radical (unpaired) electrons. The highest BCUT2D eigenvalue weighted by atomic mass is 19.4. The second-order valence-electron chi connectivity index (χ2n) is 9.20. The number of ether oxygens (including phenoxy) is 1. The molecule has 0 bridgehead atoms. The van der Waals surface area contributed by atoms with Crippen molar-refractivity contribution in [3.63, 3.8) is 0 Å². The van der Waals surface area contributed by atoms with Crippen molar-refractivity contribution in [2.45, 2.75) is 31.5 Å². The van der Waals surface area contributed by atoms with Gasteiger partial charge < -0.3 is 19.4 Å². The lowest BCUT2D eigenvalue weighted by atomic mass is 10.0. The number of aromatic amines is 1. The summed E-state index contributed by atoms with van der Waals surface area (Å²) < 4.78 is 61.8. The highest BCUT2D eigenvalue weighted by Crippen LogP contribution is 2.40. The second-order valence-corrected chi connectivity index (χ2v) is 9.20. The number of aliphatic carboxylic acids is 1. The summed E-state index contributed by atoms with van der Waals surface area (Å²) in [4.78, 5) is 22.5. The van der Waals surface area contributed by atoms with Crippen molar-refractivity contribution >= 4 is 16.9 Å². The minimum atomic E-state index is -4.94. The van der Waals surface area contributed by atoms with E-state index in [-0.39, 0.29) is 35.2 Å². The molecule has 2 N–H and O–H groups in total. The molecule has 1 atom stereocenters. The van der Waals surface area contributed by atoms with E-state index in [2.05, 4.69) is 24.8 Å². The maximum atomic E-state index is 13.3. The lowest BCUT2D eigenvalue weighted by Crippen LogP contribution is -2.17. The third-order valence-electron chi connectivity index (χ3n) is 6.64. The fourth-order valence-electron chi connectivity index (χ4n) is 4.99. The zero-order valence-corrected chi connectivity index (χ0v) is 19.9. The van der Waals surface area contributed by atoms with E-state index in [9.17, 15) is 27.5 Å². The molecule has 5 aromatic rings. The number of carbonyl (C=O) groups is 1. The summed E-state index contributed by atoms with van der Waals surface area (Å²) in [7, 11) is 0. The van der Waals surface area contributed by atoms with Crippen LogP contribution < -0.4 is 4.74 Å². The van der Waals surface area contributed by atoms with Crippen LogP contribution in [0.5, 0.6) is 5.75 Å². The van der Waals surface area contributed by atoms with Crippen LogP contribution >= 0.6 is 0 Å². The number of alkyl halides is 3. The molecule has 198 valence electrons. The van der Waals surface area contributed by atoms with Crippen molar-refractivity contribution in [1.29, 1.82) is 0 Å². The number of hydrogen-bond acceptors (Lipinski definition) is 6. The van der Waals surface area contributed by atoms with Gasteiger partial charge in [-0.1, -0.05) is 5.16 Å². The Bertz CT molecular complexity index is 1710. The van der Waals surface area contributed by atoms with Gasteiger partial charge in [0, 0.05) is 45.4 Å². The Labute approximate surface area is 217 Å². The van der Waals surface area contributed by atoms with Gasteiger partial charge in [0.25, 0.3) is 5.89 Å². The van der Waals surface area contributed by atoms with E-state index in [0.717, 1.165) is 53.2 Å². The summed E-state index contributed by atoms with van der Waals surface area (Å²) in [6, 6.07) is 11.7. The molecule has 0 aliphatic heterocycles. The number of aromatic nitrogens is 4. The minimum absolute atomic E-state index is 0.0464. The van der Waals surface area contributed by atoms with Crippen LogP contribution in [0.4, 0.5) is 17.6 Å². The Hall–Kier alpha value is -4.74. The van der Waals surface area contributed by atoms with Gasteiger partial charge in [0.15, 0.2) is 0 Å². The van der Waals surface area contributed by atoms with Crippen molar-refractivity contribution in [1.82, 2.24) is 20.1 Å². The maximum absolute atomic E-state index is 13.3. The van der Waals surface area contributed by atoms with E-state index < -0.39 is 24.0 Å². The zero-order valence-electron chi connectivity index (χ0n) is 19.9. The number of pyridine rings is 1. The first-order chi connectivity index (χ1) is 18.6. The smallest absolute Gasteiger partial charge is 0.481 e. The summed E-state index contributed by atoms with van der Waals surface area (Å²) in [5.74, 6) is -2.01. The summed E-state index contributed by atoms with van der Waals surface area (Å²) in [6.45, 7) is 0. The molecule has 0 spiro atoms. The molecule has 12 heteroatoms. The average molecular weight is 538 g/mol. The molecular formula is C27H18F4N4O4. The third-order valence-corrected chi connectivity index (χ3v) is 6.64. The normalized spacial score (nSPS) is 15.0. The van der Waals surface area contributed by atoms with E-state index in [4.69, 9.17) is 4.52 Å². The first-order valence-corrected chi connectivity index (χ1v) is 11.9. The lowest BCUT2D eigenvalue weighted by Gasteiger charge is -2.11. The van der Waals surface area contributed by atoms with Gasteiger partial charge in [0.2, 0.25) is 11.8 Å². The Morgan fingerprint density at radius 1 is 1.08 bits per heavy atom. The van der Waals surface area contributed by atoms with Crippen molar-refractivity contribution < 1.29 is 36.7 Å². The molecule has 1 unspecified atom stereocenters. The number of fused-ring (bicyclic) bond motifs is 3. The summed E-state index contributed by atoms with van der Waals surface area (Å²) >= 11 is 0. The number of benzene rings is 2. The fraction of sp³-hybridized carbons (Fsp3) is 0.185. The second kappa shape index (κ2) is 9.22. The maximum Gasteiger partial charge on any atom is 0.573 e. The van der Waals surface area contributed by atoms with Crippen LogP contribution in [0.3, 0.4) is 0 Å². The molecule has 3 heterocycles. The largest absolute Gasteiger partial charge is 0.573 e. The number of carboxylic acid groups (broad SMARTS) is 1. The number of H-pyrrole nitrogens is 1. The Kier molecular flexibility index (Phi) is 5.82. The molecule has 3 aromatic heterocycles. The molecule has 0 amide bonds. The molecule has 39 heavy (non-hydrogen) atoms. The fourth-order valence-corrected chi connectivity index (χ4v) is 4.99. The summed E-state index contributed by atoms with van der Waals surface area (Å²) in [6.07, 6.45) is -2.22. The van der Waals surface area contributed by atoms with E-state index in [0.29, 0.717) is 11.1 Å². The number of rotatable bonds is 6. The molecule has 6 rings (SSSR count). The van der Waals surface area contributed by atoms with Gasteiger partial charge in [-0.25, -0.2) is 4.98 Å². The van der Waals surface area contributed by atoms with Crippen LogP contribution in [0, 0.1) is 5.95 Å². The van der Waals surface area contributed by atoms with E-state index in [1.165, 1.54) is 18.3 Å². The molecule has 0 saturated heterocycles. The average Bonchev–Trinajstić information content (AvgIpc) is 3.59. The molecule has 2 aromatic carbocycles. The van der Waals surface area contributed by atoms with Crippen molar-refractivity contribution in [2.24, 2.45) is 0 Å². The van der Waals surface area contributed by atoms with Crippen LogP contribution in [0.15, 0.2) is 59.3 Å². The van der Waals surface area contributed by atoms with Gasteiger partial charge in [0.05, 0.1) is 6.42 Å². The minimum Gasteiger partial charge on any atom is -0.481 e. The van der Waals surface area contributed by atoms with Gasteiger partial charge in [-0.05, 0) is 72.5 Å². The first-order valence-electron chi connectivity index (χ1n) is 11.9. The number of carboxylic acids is 1. The van der Waals surface area contributed by atoms with E-state index in [1.807, 2.05) is 12.1 Å². The van der Waals surface area contributed by atoms with Gasteiger partial charge in [-0.2, -0.15) is 9.37 Å². The molecule has 1 aliphatic rings. The monoisotopic (exact) mass is 538 g/mol. The highest BCUT2D eigenvalue weighted by molar-refractivity contribution is 5.89. The number of aryl methyl sites for hydroxylation is 1. The number of nitrogens with one attached hydrogen (secondary N) is 1. The number of hydrogen-bond donors (Lipinski definition) is 2. The first kappa shape index (κ1) is 24.6. The van der Waals surface area contributed by atoms with Crippen molar-refractivity contribution in [3.8, 4) is 39.7 Å². The molecule has 8 nitrogen and oxygen atoms in total. The third kappa shape index (κ3) is 4.92. The number of nitrogens with zero attached hydrogens (tertiary/aromatic N) is 3. The van der Waals surface area contributed by atoms with E-state index in [1.54, 1.807) is 6.07 Å². The van der Waals surface area contributed by atoms with Crippen LogP contribution in [0.1, 0.15) is 30.0 Å². The van der Waals surface area contributed by atoms with E-state index >= 15 is 0 Å². The quantitative estimate of drug-likeness (QED) is 0.188. The summed E-state index contributed by atoms with van der Waals surface area (Å²) in [5.41, 5.74) is 4.25. The van der Waals surface area contributed by atoms with Gasteiger partial charge in [-0.15, -0.1) is 13.2 Å². The predicted octanol–water partition coefficient (Wildman–Crippen LogP) is 6.49. The van der Waals surface area contributed by atoms with Crippen LogP contribution in [-0.2, 0) is 11.2 Å². The molecule has 0 saturated carbocycles. The van der Waals surface area contributed by atoms with Crippen LogP contribution in [-0.4, -0.2) is 37.5 Å². The lowest BCUT2D eigenvalue weighted by molar-refractivity contribution is -0.274. The zero-order chi connectivity index (χ0) is 27.3. The van der Waals surface area contributed by atoms with Crippen LogP contribution in [0.25, 0.3) is 44.9 Å². The Balaban J connectivity index is 1.36. The van der Waals surface area contributed by atoms with Gasteiger partial charge >= 0.3 is 12.3 Å². The highest BCUT2D eigenvalue weighted by Gasteiger charge is 2.32. The number of halogens is 4. The molecule has 0 fully saturated rings. The van der Waals surface area contributed by atoms with Gasteiger partial charge in [-0.3, -0.25) is 4.79 Å². The molecular weight excluding hydrogens is 520 g/mol. The Morgan fingerprint density at radius 2 is 1.87 bits per heavy atom. The standard InChI is InChI=1S/C27H18F4N4O4/c28-22-6-3-15(12-32-22)16-7-17(9-18(8-16)38-27(29,30)31)26-34-25(35-39-26)14-2-5-21-20(10-14)19-4-1-13(11-23(36)37)24(19)33-21/h2-3,5-10,12-13,33H,1,4,11H2,(H,36,37). The summed E-state index contributed by atoms with van der Waals surface area (Å²) in [5, 5.41) is 14.2. The molecule has 1 aliphatic carbocycles. The van der Waals surface area contributed by atoms with Crippen LogP contribution in [0.2, 0.25) is 0 Å². The van der Waals surface area contributed by atoms with Gasteiger partial charge in [0.1, 0.15) is 5.75 Å². The SMILES string of the molecule is O=C(O)CC1CCc2c1[nH]c1ccc(-c3noc(-c4cc(OC(F)(F)F)cc(-c5ccc(F)nc5)c4)n3)cc21.